The Hall–Kier alpha value is -1.82. The Morgan fingerprint density at radius 2 is 1.56 bits per heavy atom. The van der Waals surface area contributed by atoms with E-state index in [1.54, 1.807) is 5.57 Å². The third kappa shape index (κ3) is 3.59. The molecule has 2 aromatic carbocycles. The fraction of sp³-hybridized carbons (Fsp3) is 0.440. The number of hydrogen-bond acceptors (Lipinski definition) is 0. The lowest BCUT2D eigenvalue weighted by Gasteiger charge is -2.18. The van der Waals surface area contributed by atoms with E-state index in [0.29, 0.717) is 11.8 Å². The maximum Gasteiger partial charge on any atom is -0.00576 e. The van der Waals surface area contributed by atoms with Gasteiger partial charge < -0.3 is 0 Å². The van der Waals surface area contributed by atoms with Crippen molar-refractivity contribution >= 4 is 6.08 Å². The van der Waals surface area contributed by atoms with E-state index in [2.05, 4.69) is 78.0 Å². The molecule has 0 nitrogen and oxygen atoms in total. The molecule has 1 aliphatic rings. The van der Waals surface area contributed by atoms with Crippen molar-refractivity contribution < 1.29 is 0 Å². The van der Waals surface area contributed by atoms with E-state index in [9.17, 15) is 0 Å². The van der Waals surface area contributed by atoms with Crippen molar-refractivity contribution in [2.24, 2.45) is 0 Å². The zero-order valence-corrected chi connectivity index (χ0v) is 16.7. The predicted octanol–water partition coefficient (Wildman–Crippen LogP) is 7.65. The molecule has 132 valence electrons. The molecular weight excluding hydrogens is 300 g/mol. The van der Waals surface area contributed by atoms with Gasteiger partial charge in [0.05, 0.1) is 0 Å². The van der Waals surface area contributed by atoms with Crippen LogP contribution < -0.4 is 0 Å². The van der Waals surface area contributed by atoms with Crippen LogP contribution in [0.2, 0.25) is 0 Å². The van der Waals surface area contributed by atoms with Crippen molar-refractivity contribution in [2.75, 3.05) is 0 Å². The first-order chi connectivity index (χ1) is 11.9. The third-order valence-electron chi connectivity index (χ3n) is 5.48. The molecule has 3 rings (SSSR count). The van der Waals surface area contributed by atoms with Crippen LogP contribution in [0.4, 0.5) is 0 Å². The summed E-state index contributed by atoms with van der Waals surface area (Å²) in [5.74, 6) is 1.11. The first-order valence-electron chi connectivity index (χ1n) is 9.87. The maximum absolute atomic E-state index is 2.47. The molecule has 0 bridgehead atoms. The molecule has 1 aliphatic carbocycles. The number of benzene rings is 2. The van der Waals surface area contributed by atoms with Crippen LogP contribution in [0, 0.1) is 6.92 Å². The largest absolute Gasteiger partial charge is 0.0652 e. The van der Waals surface area contributed by atoms with Crippen molar-refractivity contribution in [2.45, 2.75) is 72.6 Å². The van der Waals surface area contributed by atoms with E-state index in [1.165, 1.54) is 51.8 Å². The highest BCUT2D eigenvalue weighted by Gasteiger charge is 2.19. The van der Waals surface area contributed by atoms with Gasteiger partial charge in [0.1, 0.15) is 0 Å². The molecule has 0 spiro atoms. The summed E-state index contributed by atoms with van der Waals surface area (Å²) in [7, 11) is 0. The second-order valence-corrected chi connectivity index (χ2v) is 8.26. The molecule has 2 aromatic rings. The molecule has 0 radical (unpaired) electrons. The third-order valence-corrected chi connectivity index (χ3v) is 5.48. The van der Waals surface area contributed by atoms with E-state index in [1.807, 2.05) is 0 Å². The second-order valence-electron chi connectivity index (χ2n) is 8.26. The van der Waals surface area contributed by atoms with E-state index < -0.39 is 0 Å². The van der Waals surface area contributed by atoms with Gasteiger partial charge in [0.25, 0.3) is 0 Å². The number of hydrogen-bond donors (Lipinski definition) is 0. The summed E-state index contributed by atoms with van der Waals surface area (Å²) < 4.78 is 0. The second kappa shape index (κ2) is 7.20. The molecule has 0 heteroatoms. The lowest BCUT2D eigenvalue weighted by molar-refractivity contribution is 0.834. The van der Waals surface area contributed by atoms with Crippen molar-refractivity contribution in [1.29, 1.82) is 0 Å². The number of aryl methyl sites for hydroxylation is 1. The van der Waals surface area contributed by atoms with Crippen LogP contribution in [0.25, 0.3) is 17.2 Å². The monoisotopic (exact) mass is 332 g/mol. The summed E-state index contributed by atoms with van der Waals surface area (Å²) in [5, 5.41) is 0. The summed E-state index contributed by atoms with van der Waals surface area (Å²) in [6, 6.07) is 11.9. The quantitative estimate of drug-likeness (QED) is 0.527. The Kier molecular flexibility index (Phi) is 5.18. The predicted molar refractivity (Wildman–Crippen MR) is 111 cm³/mol. The summed E-state index contributed by atoms with van der Waals surface area (Å²) in [4.78, 5) is 0. The minimum Gasteiger partial charge on any atom is -0.0652 e. The van der Waals surface area contributed by atoms with Crippen LogP contribution in [0.5, 0.6) is 0 Å². The SMILES string of the molecule is CCCC1=Cc2c(ccc(C)c2-c2cc(C(C)C)cc(C(C)C)c2)C1. The number of rotatable bonds is 5. The molecule has 0 atom stereocenters. The van der Waals surface area contributed by atoms with Crippen LogP contribution in [-0.4, -0.2) is 0 Å². The number of allylic oxidation sites excluding steroid dienone is 1. The van der Waals surface area contributed by atoms with Gasteiger partial charge in [0, 0.05) is 0 Å². The highest BCUT2D eigenvalue weighted by Crippen LogP contribution is 2.39. The normalized spacial score (nSPS) is 13.5. The summed E-state index contributed by atoms with van der Waals surface area (Å²) >= 11 is 0. The standard InChI is InChI=1S/C25H32/c1-7-8-19-11-20-10-9-18(6)25(24(20)12-19)23-14-21(16(2)3)13-22(15-23)17(4)5/h9-10,12-17H,7-8,11H2,1-6H3. The average Bonchev–Trinajstić information content (AvgIpc) is 2.97. The molecule has 0 aliphatic heterocycles. The molecule has 25 heavy (non-hydrogen) atoms. The first-order valence-corrected chi connectivity index (χ1v) is 9.87. The van der Waals surface area contributed by atoms with E-state index in [0.717, 1.165) is 6.42 Å². The Balaban J connectivity index is 2.19. The Morgan fingerprint density at radius 1 is 0.920 bits per heavy atom. The molecule has 0 amide bonds. The minimum absolute atomic E-state index is 0.556. The van der Waals surface area contributed by atoms with Gasteiger partial charge in [-0.15, -0.1) is 0 Å². The molecule has 0 fully saturated rings. The molecule has 0 N–H and O–H groups in total. The topological polar surface area (TPSA) is 0 Å². The van der Waals surface area contributed by atoms with Crippen LogP contribution in [-0.2, 0) is 6.42 Å². The summed E-state index contributed by atoms with van der Waals surface area (Å²) in [5.41, 5.74) is 11.7. The molecule has 0 saturated carbocycles. The lowest BCUT2D eigenvalue weighted by Crippen LogP contribution is -1.97. The Bertz CT molecular complexity index is 777. The van der Waals surface area contributed by atoms with Crippen molar-refractivity contribution in [3.8, 4) is 11.1 Å². The molecule has 0 heterocycles. The molecule has 0 saturated heterocycles. The zero-order chi connectivity index (χ0) is 18.1. The van der Waals surface area contributed by atoms with Crippen LogP contribution in [0.3, 0.4) is 0 Å². The Labute approximate surface area is 154 Å². The lowest BCUT2D eigenvalue weighted by atomic mass is 9.87. The van der Waals surface area contributed by atoms with Crippen molar-refractivity contribution in [3.05, 3.63) is 63.7 Å². The molecular formula is C25H32. The Morgan fingerprint density at radius 3 is 2.12 bits per heavy atom. The van der Waals surface area contributed by atoms with Gasteiger partial charge in [0.2, 0.25) is 0 Å². The number of fused-ring (bicyclic) bond motifs is 1. The highest BCUT2D eigenvalue weighted by molar-refractivity contribution is 5.83. The fourth-order valence-electron chi connectivity index (χ4n) is 3.94. The first kappa shape index (κ1) is 18.0. The van der Waals surface area contributed by atoms with Gasteiger partial charge in [-0.2, -0.15) is 0 Å². The van der Waals surface area contributed by atoms with Crippen molar-refractivity contribution in [3.63, 3.8) is 0 Å². The van der Waals surface area contributed by atoms with Crippen LogP contribution >= 0.6 is 0 Å². The van der Waals surface area contributed by atoms with Crippen LogP contribution in [0.1, 0.15) is 87.1 Å². The smallest absolute Gasteiger partial charge is 0.00576 e. The fourth-order valence-corrected chi connectivity index (χ4v) is 3.94. The minimum atomic E-state index is 0.556. The van der Waals surface area contributed by atoms with Gasteiger partial charge in [-0.25, -0.2) is 0 Å². The van der Waals surface area contributed by atoms with Gasteiger partial charge >= 0.3 is 0 Å². The van der Waals surface area contributed by atoms with Gasteiger partial charge in [-0.3, -0.25) is 0 Å². The van der Waals surface area contributed by atoms with Gasteiger partial charge in [-0.1, -0.05) is 83.0 Å². The summed E-state index contributed by atoms with van der Waals surface area (Å²) in [6.45, 7) is 13.7. The molecule has 0 unspecified atom stereocenters. The van der Waals surface area contributed by atoms with E-state index >= 15 is 0 Å². The maximum atomic E-state index is 2.47. The van der Waals surface area contributed by atoms with Crippen molar-refractivity contribution in [1.82, 2.24) is 0 Å². The zero-order valence-electron chi connectivity index (χ0n) is 16.7. The van der Waals surface area contributed by atoms with Crippen LogP contribution in [0.15, 0.2) is 35.9 Å². The summed E-state index contributed by atoms with van der Waals surface area (Å²) in [6.07, 6.45) is 6.06. The van der Waals surface area contributed by atoms with E-state index in [4.69, 9.17) is 0 Å². The average molecular weight is 333 g/mol. The van der Waals surface area contributed by atoms with Gasteiger partial charge in [0.15, 0.2) is 0 Å². The van der Waals surface area contributed by atoms with Gasteiger partial charge in [-0.05, 0) is 70.5 Å². The highest BCUT2D eigenvalue weighted by atomic mass is 14.2. The molecule has 0 aromatic heterocycles. The van der Waals surface area contributed by atoms with E-state index in [-0.39, 0.29) is 0 Å².